The number of hydrogen-bond donors (Lipinski definition) is 1. The zero-order valence-corrected chi connectivity index (χ0v) is 20.5. The number of halogens is 1. The van der Waals surface area contributed by atoms with Crippen LogP contribution in [0.25, 0.3) is 17.0 Å². The third-order valence-corrected chi connectivity index (χ3v) is 5.95. The van der Waals surface area contributed by atoms with Gasteiger partial charge >= 0.3 is 0 Å². The molecule has 190 valence electrons. The second-order valence-electron chi connectivity index (χ2n) is 8.41. The summed E-state index contributed by atoms with van der Waals surface area (Å²) in [5.74, 6) is -0.153. The molecule has 0 aliphatic rings. The minimum absolute atomic E-state index is 0.226. The number of carbonyl (C=O) groups excluding carboxylic acids is 1. The molecular weight excluding hydrogens is 514 g/mol. The van der Waals surface area contributed by atoms with Crippen LogP contribution in [0, 0.1) is 27.2 Å². The number of rotatable bonds is 7. The van der Waals surface area contributed by atoms with E-state index in [-0.39, 0.29) is 11.4 Å². The average Bonchev–Trinajstić information content (AvgIpc) is 3.43. The van der Waals surface area contributed by atoms with Gasteiger partial charge in [-0.3, -0.25) is 25.0 Å². The number of para-hydroxylation sites is 2. The Bertz CT molecular complexity index is 1710. The van der Waals surface area contributed by atoms with Crippen LogP contribution in [0.1, 0.15) is 21.6 Å². The molecule has 3 aromatic carbocycles. The highest BCUT2D eigenvalue weighted by Crippen LogP contribution is 2.26. The van der Waals surface area contributed by atoms with E-state index in [0.717, 1.165) is 29.3 Å². The van der Waals surface area contributed by atoms with Gasteiger partial charge in [-0.2, -0.15) is 9.78 Å². The highest BCUT2D eigenvalue weighted by atomic mass is 35.5. The number of nitrogens with one attached hydrogen (secondary N) is 1. The number of nitro groups is 2. The molecule has 0 saturated heterocycles. The fourth-order valence-electron chi connectivity index (χ4n) is 4.06. The summed E-state index contributed by atoms with van der Waals surface area (Å²) in [6.45, 7) is 2.13. The third-order valence-electron chi connectivity index (χ3n) is 5.71. The highest BCUT2D eigenvalue weighted by molar-refractivity contribution is 6.30. The molecule has 12 nitrogen and oxygen atoms in total. The van der Waals surface area contributed by atoms with Crippen molar-refractivity contribution >= 4 is 45.7 Å². The summed E-state index contributed by atoms with van der Waals surface area (Å²) in [6, 6.07) is 19.2. The maximum absolute atomic E-state index is 13.1. The van der Waals surface area contributed by atoms with Crippen LogP contribution in [0.4, 0.5) is 17.2 Å². The van der Waals surface area contributed by atoms with Crippen LogP contribution in [0.2, 0.25) is 5.02 Å². The minimum Gasteiger partial charge on any atom is -0.306 e. The topological polar surface area (TPSA) is 151 Å². The fourth-order valence-corrected chi connectivity index (χ4v) is 4.28. The molecule has 0 saturated carbocycles. The lowest BCUT2D eigenvalue weighted by molar-refractivity contribution is -0.394. The second kappa shape index (κ2) is 9.75. The first-order chi connectivity index (χ1) is 18.2. The number of nitrogens with zero attached hydrogens (tertiary/aromatic N) is 6. The monoisotopic (exact) mass is 531 g/mol. The van der Waals surface area contributed by atoms with Crippen LogP contribution in [-0.4, -0.2) is 35.1 Å². The van der Waals surface area contributed by atoms with Crippen molar-refractivity contribution in [3.63, 3.8) is 0 Å². The molecule has 2 aromatic heterocycles. The number of fused-ring (bicyclic) bond motifs is 1. The van der Waals surface area contributed by atoms with Crippen molar-refractivity contribution < 1.29 is 14.6 Å². The van der Waals surface area contributed by atoms with Gasteiger partial charge in [-0.1, -0.05) is 35.9 Å². The summed E-state index contributed by atoms with van der Waals surface area (Å²) >= 11 is 6.19. The number of nitro benzene ring substituents is 2. The molecule has 0 aliphatic heterocycles. The van der Waals surface area contributed by atoms with Gasteiger partial charge in [-0.05, 0) is 36.8 Å². The molecule has 13 heteroatoms. The van der Waals surface area contributed by atoms with Gasteiger partial charge < -0.3 is 9.88 Å². The minimum atomic E-state index is -0.795. The molecule has 0 spiro atoms. The molecule has 0 bridgehead atoms. The number of anilines is 1. The van der Waals surface area contributed by atoms with Gasteiger partial charge in [-0.15, -0.1) is 0 Å². The smallest absolute Gasteiger partial charge is 0.277 e. The van der Waals surface area contributed by atoms with E-state index in [1.54, 1.807) is 19.1 Å². The predicted molar refractivity (Wildman–Crippen MR) is 140 cm³/mol. The van der Waals surface area contributed by atoms with Crippen molar-refractivity contribution in [3.05, 3.63) is 115 Å². The van der Waals surface area contributed by atoms with Crippen molar-refractivity contribution in [2.75, 3.05) is 5.32 Å². The number of amides is 1. The number of benzene rings is 3. The van der Waals surface area contributed by atoms with E-state index in [2.05, 4.69) is 10.4 Å². The van der Waals surface area contributed by atoms with Gasteiger partial charge in [0.25, 0.3) is 17.3 Å². The molecule has 5 aromatic rings. The van der Waals surface area contributed by atoms with E-state index in [0.29, 0.717) is 28.7 Å². The van der Waals surface area contributed by atoms with Crippen LogP contribution in [0.15, 0.2) is 72.8 Å². The van der Waals surface area contributed by atoms with Crippen molar-refractivity contribution in [2.24, 2.45) is 0 Å². The number of imidazole rings is 1. The van der Waals surface area contributed by atoms with Crippen LogP contribution in [0.3, 0.4) is 0 Å². The normalized spacial score (nSPS) is 11.0. The third kappa shape index (κ3) is 4.80. The number of hydrogen-bond acceptors (Lipinski definition) is 7. The van der Waals surface area contributed by atoms with Crippen LogP contribution in [-0.2, 0) is 6.54 Å². The Labute approximate surface area is 219 Å². The molecule has 1 N–H and O–H groups in total. The maximum Gasteiger partial charge on any atom is 0.277 e. The summed E-state index contributed by atoms with van der Waals surface area (Å²) < 4.78 is 3.37. The van der Waals surface area contributed by atoms with E-state index in [4.69, 9.17) is 16.6 Å². The van der Waals surface area contributed by atoms with Crippen molar-refractivity contribution in [1.29, 1.82) is 0 Å². The first kappa shape index (κ1) is 24.6. The Kier molecular flexibility index (Phi) is 6.31. The first-order valence-corrected chi connectivity index (χ1v) is 11.6. The Balaban J connectivity index is 1.58. The molecule has 0 unspecified atom stereocenters. The van der Waals surface area contributed by atoms with Gasteiger partial charge in [-0.25, -0.2) is 4.98 Å². The maximum atomic E-state index is 13.1. The van der Waals surface area contributed by atoms with E-state index in [1.807, 2.05) is 47.0 Å². The molecule has 0 atom stereocenters. The second-order valence-corrected chi connectivity index (χ2v) is 8.84. The molecular formula is C25H18ClN7O5. The van der Waals surface area contributed by atoms with E-state index in [9.17, 15) is 25.0 Å². The average molecular weight is 532 g/mol. The summed E-state index contributed by atoms with van der Waals surface area (Å²) in [7, 11) is 0. The van der Waals surface area contributed by atoms with E-state index < -0.39 is 27.1 Å². The van der Waals surface area contributed by atoms with Crippen molar-refractivity contribution in [1.82, 2.24) is 19.3 Å². The van der Waals surface area contributed by atoms with Crippen LogP contribution >= 0.6 is 11.6 Å². The van der Waals surface area contributed by atoms with Crippen molar-refractivity contribution in [3.8, 4) is 5.95 Å². The molecule has 1 amide bonds. The molecule has 0 aliphatic carbocycles. The number of aromatic nitrogens is 4. The van der Waals surface area contributed by atoms with Gasteiger partial charge in [0.15, 0.2) is 0 Å². The number of aryl methyl sites for hydroxylation is 1. The first-order valence-electron chi connectivity index (χ1n) is 11.2. The standard InChI is InChI=1S/C25H18ClN7O5/c1-15-9-23(28-24(34)17-11-19(32(35)36)13-20(12-17)33(37)38)31(29-15)25-27-21-7-2-3-8-22(21)30(25)14-16-5-4-6-18(26)10-16/h2-13H,14H2,1H3,(H,28,34). The summed E-state index contributed by atoms with van der Waals surface area (Å²) in [5, 5.41) is 30.3. The Morgan fingerprint density at radius 1 is 0.974 bits per heavy atom. The fraction of sp³-hybridized carbons (Fsp3) is 0.0800. The van der Waals surface area contributed by atoms with E-state index in [1.165, 1.54) is 4.68 Å². The predicted octanol–water partition coefficient (Wildman–Crippen LogP) is 5.30. The van der Waals surface area contributed by atoms with Crippen molar-refractivity contribution in [2.45, 2.75) is 13.5 Å². The summed E-state index contributed by atoms with van der Waals surface area (Å²) in [4.78, 5) is 38.8. The van der Waals surface area contributed by atoms with Crippen LogP contribution < -0.4 is 5.32 Å². The largest absolute Gasteiger partial charge is 0.306 e. The Hall–Kier alpha value is -5.10. The van der Waals surface area contributed by atoms with E-state index >= 15 is 0 Å². The van der Waals surface area contributed by atoms with Gasteiger partial charge in [0, 0.05) is 23.2 Å². The lowest BCUT2D eigenvalue weighted by Gasteiger charge is -2.12. The lowest BCUT2D eigenvalue weighted by atomic mass is 10.1. The summed E-state index contributed by atoms with van der Waals surface area (Å²) in [6.07, 6.45) is 0. The van der Waals surface area contributed by atoms with Gasteiger partial charge in [0.1, 0.15) is 5.82 Å². The lowest BCUT2D eigenvalue weighted by Crippen LogP contribution is -2.18. The quantitative estimate of drug-likeness (QED) is 0.221. The molecule has 0 fully saturated rings. The Morgan fingerprint density at radius 3 is 2.37 bits per heavy atom. The number of non-ortho nitro benzene ring substituents is 2. The molecule has 2 heterocycles. The molecule has 38 heavy (non-hydrogen) atoms. The SMILES string of the molecule is Cc1cc(NC(=O)c2cc([N+](=O)[O-])cc([N+](=O)[O-])c2)n(-c2nc3ccccc3n2Cc2cccc(Cl)c2)n1. The highest BCUT2D eigenvalue weighted by Gasteiger charge is 2.23. The molecule has 5 rings (SSSR count). The number of carbonyl (C=O) groups is 1. The van der Waals surface area contributed by atoms with Gasteiger partial charge in [0.05, 0.1) is 44.7 Å². The summed E-state index contributed by atoms with van der Waals surface area (Å²) in [5.41, 5.74) is 1.61. The zero-order chi connectivity index (χ0) is 27.0. The Morgan fingerprint density at radius 2 is 1.68 bits per heavy atom. The zero-order valence-electron chi connectivity index (χ0n) is 19.7. The molecule has 0 radical (unpaired) electrons. The van der Waals surface area contributed by atoms with Gasteiger partial charge in [0.2, 0.25) is 5.95 Å². The van der Waals surface area contributed by atoms with Crippen LogP contribution in [0.5, 0.6) is 0 Å².